The summed E-state index contributed by atoms with van der Waals surface area (Å²) in [7, 11) is 1.75. The monoisotopic (exact) mass is 240 g/mol. The van der Waals surface area contributed by atoms with Crippen molar-refractivity contribution in [2.24, 2.45) is 5.41 Å². The normalized spacial score (nSPS) is 24.8. The van der Waals surface area contributed by atoms with Gasteiger partial charge in [-0.1, -0.05) is 13.8 Å². The summed E-state index contributed by atoms with van der Waals surface area (Å²) < 4.78 is 10.9. The van der Waals surface area contributed by atoms with E-state index in [1.165, 1.54) is 0 Å². The molecule has 0 bridgehead atoms. The first-order chi connectivity index (χ1) is 8.04. The van der Waals surface area contributed by atoms with Crippen molar-refractivity contribution >= 4 is 0 Å². The highest BCUT2D eigenvalue weighted by Gasteiger charge is 2.34. The van der Waals surface area contributed by atoms with E-state index in [0.717, 1.165) is 32.5 Å². The van der Waals surface area contributed by atoms with Crippen molar-refractivity contribution < 1.29 is 9.47 Å². The molecule has 0 radical (unpaired) electrons. The van der Waals surface area contributed by atoms with Crippen LogP contribution in [0.25, 0.3) is 0 Å². The van der Waals surface area contributed by atoms with Crippen LogP contribution in [-0.4, -0.2) is 39.0 Å². The van der Waals surface area contributed by atoms with Gasteiger partial charge in [-0.25, -0.2) is 0 Å². The van der Waals surface area contributed by atoms with Gasteiger partial charge in [0.25, 0.3) is 0 Å². The van der Waals surface area contributed by atoms with E-state index in [2.05, 4.69) is 25.2 Å². The van der Waals surface area contributed by atoms with Gasteiger partial charge in [0.15, 0.2) is 0 Å². The fourth-order valence-corrected chi connectivity index (χ4v) is 2.07. The van der Waals surface area contributed by atoms with Gasteiger partial charge in [-0.05, 0) is 11.8 Å². The van der Waals surface area contributed by atoms with Crippen LogP contribution in [0.3, 0.4) is 0 Å². The maximum absolute atomic E-state index is 8.60. The highest BCUT2D eigenvalue weighted by atomic mass is 16.5. The molecule has 1 aliphatic rings. The van der Waals surface area contributed by atoms with Crippen LogP contribution in [0.15, 0.2) is 0 Å². The molecule has 0 aromatic carbocycles. The minimum Gasteiger partial charge on any atom is -0.378 e. The lowest BCUT2D eigenvalue weighted by molar-refractivity contribution is -0.0169. The van der Waals surface area contributed by atoms with Gasteiger partial charge in [-0.3, -0.25) is 0 Å². The average molecular weight is 240 g/mol. The highest BCUT2D eigenvalue weighted by molar-refractivity contribution is 4.88. The summed E-state index contributed by atoms with van der Waals surface area (Å²) in [5.74, 6) is 0. The van der Waals surface area contributed by atoms with E-state index in [-0.39, 0.29) is 11.0 Å². The van der Waals surface area contributed by atoms with Crippen LogP contribution in [0.5, 0.6) is 0 Å². The van der Waals surface area contributed by atoms with Crippen LogP contribution in [-0.2, 0) is 9.47 Å². The van der Waals surface area contributed by atoms with E-state index in [1.807, 2.05) is 0 Å². The molecule has 1 saturated heterocycles. The van der Waals surface area contributed by atoms with Gasteiger partial charge in [0.05, 0.1) is 12.7 Å². The van der Waals surface area contributed by atoms with Gasteiger partial charge in [-0.2, -0.15) is 5.26 Å². The predicted octanol–water partition coefficient (Wildman–Crippen LogP) is 1.71. The Hall–Kier alpha value is -0.630. The first-order valence-corrected chi connectivity index (χ1v) is 6.24. The third-order valence-corrected chi connectivity index (χ3v) is 3.46. The summed E-state index contributed by atoms with van der Waals surface area (Å²) in [6.07, 6.45) is 2.50. The van der Waals surface area contributed by atoms with Crippen LogP contribution < -0.4 is 5.32 Å². The zero-order valence-electron chi connectivity index (χ0n) is 11.2. The summed E-state index contributed by atoms with van der Waals surface area (Å²) in [5, 5.41) is 12.1. The molecule has 0 saturated carbocycles. The third-order valence-electron chi connectivity index (χ3n) is 3.46. The lowest BCUT2D eigenvalue weighted by Crippen LogP contribution is -2.45. The predicted molar refractivity (Wildman–Crippen MR) is 66.7 cm³/mol. The molecule has 4 heteroatoms. The number of hydrogen-bond acceptors (Lipinski definition) is 4. The summed E-state index contributed by atoms with van der Waals surface area (Å²) in [6.45, 7) is 7.55. The van der Waals surface area contributed by atoms with Crippen LogP contribution in [0.4, 0.5) is 0 Å². The number of nitrogens with one attached hydrogen (secondary N) is 1. The Morgan fingerprint density at radius 3 is 2.82 bits per heavy atom. The Kier molecular flexibility index (Phi) is 5.38. The molecule has 0 aliphatic carbocycles. The summed E-state index contributed by atoms with van der Waals surface area (Å²) in [6, 6.07) is 2.20. The SMILES string of the molecule is COC1(CNCC(C)(C)CCC#N)CCOC1. The van der Waals surface area contributed by atoms with Gasteiger partial charge in [0.2, 0.25) is 0 Å². The van der Waals surface area contributed by atoms with E-state index in [4.69, 9.17) is 14.7 Å². The van der Waals surface area contributed by atoms with Crippen LogP contribution in [0.2, 0.25) is 0 Å². The van der Waals surface area contributed by atoms with Crippen molar-refractivity contribution in [1.29, 1.82) is 5.26 Å². The standard InChI is InChI=1S/C13H24N2O2/c1-12(2,5-4-7-14)9-15-10-13(16-3)6-8-17-11-13/h15H,4-6,8-11H2,1-3H3. The van der Waals surface area contributed by atoms with E-state index in [0.29, 0.717) is 13.0 Å². The van der Waals surface area contributed by atoms with Gasteiger partial charge in [0.1, 0.15) is 5.60 Å². The fourth-order valence-electron chi connectivity index (χ4n) is 2.07. The molecule has 0 aromatic rings. The van der Waals surface area contributed by atoms with E-state index >= 15 is 0 Å². The van der Waals surface area contributed by atoms with Crippen molar-refractivity contribution in [2.45, 2.75) is 38.7 Å². The molecular formula is C13H24N2O2. The second-order valence-electron chi connectivity index (χ2n) is 5.62. The molecule has 1 rings (SSSR count). The zero-order chi connectivity index (χ0) is 12.8. The van der Waals surface area contributed by atoms with Gasteiger partial charge < -0.3 is 14.8 Å². The van der Waals surface area contributed by atoms with Gasteiger partial charge >= 0.3 is 0 Å². The molecule has 1 N–H and O–H groups in total. The van der Waals surface area contributed by atoms with E-state index < -0.39 is 0 Å². The number of rotatable bonds is 7. The van der Waals surface area contributed by atoms with Gasteiger partial charge in [-0.15, -0.1) is 0 Å². The van der Waals surface area contributed by atoms with Gasteiger partial charge in [0, 0.05) is 39.6 Å². The van der Waals surface area contributed by atoms with E-state index in [9.17, 15) is 0 Å². The molecule has 0 amide bonds. The highest BCUT2D eigenvalue weighted by Crippen LogP contribution is 2.24. The largest absolute Gasteiger partial charge is 0.378 e. The smallest absolute Gasteiger partial charge is 0.106 e. The maximum Gasteiger partial charge on any atom is 0.106 e. The van der Waals surface area contributed by atoms with Crippen LogP contribution >= 0.6 is 0 Å². The second-order valence-corrected chi connectivity index (χ2v) is 5.62. The van der Waals surface area contributed by atoms with Crippen molar-refractivity contribution in [3.05, 3.63) is 0 Å². The Labute approximate surface area is 104 Å². The molecule has 1 fully saturated rings. The number of hydrogen-bond donors (Lipinski definition) is 1. The molecule has 1 unspecified atom stereocenters. The number of methoxy groups -OCH3 is 1. The summed E-state index contributed by atoms with van der Waals surface area (Å²) in [5.41, 5.74) is 0.00936. The molecule has 0 spiro atoms. The number of nitriles is 1. The second kappa shape index (κ2) is 6.34. The van der Waals surface area contributed by atoms with Crippen LogP contribution in [0, 0.1) is 16.7 Å². The molecule has 1 aliphatic heterocycles. The minimum absolute atomic E-state index is 0.148. The Bertz CT molecular complexity index is 265. The molecule has 1 atom stereocenters. The fraction of sp³-hybridized carbons (Fsp3) is 0.923. The van der Waals surface area contributed by atoms with Crippen molar-refractivity contribution in [3.8, 4) is 6.07 Å². The molecule has 4 nitrogen and oxygen atoms in total. The summed E-state index contributed by atoms with van der Waals surface area (Å²) >= 11 is 0. The van der Waals surface area contributed by atoms with Crippen molar-refractivity contribution in [3.63, 3.8) is 0 Å². The molecule has 17 heavy (non-hydrogen) atoms. The number of ether oxygens (including phenoxy) is 2. The Morgan fingerprint density at radius 1 is 1.53 bits per heavy atom. The minimum atomic E-state index is -0.148. The maximum atomic E-state index is 8.60. The molecule has 1 heterocycles. The first-order valence-electron chi connectivity index (χ1n) is 6.24. The molecule has 98 valence electrons. The topological polar surface area (TPSA) is 54.3 Å². The average Bonchev–Trinajstić information content (AvgIpc) is 2.76. The Balaban J connectivity index is 2.28. The quantitative estimate of drug-likeness (QED) is 0.736. The molecular weight excluding hydrogens is 216 g/mol. The van der Waals surface area contributed by atoms with Crippen molar-refractivity contribution in [2.75, 3.05) is 33.4 Å². The molecule has 0 aromatic heterocycles. The van der Waals surface area contributed by atoms with E-state index in [1.54, 1.807) is 7.11 Å². The first kappa shape index (κ1) is 14.4. The van der Waals surface area contributed by atoms with Crippen molar-refractivity contribution in [1.82, 2.24) is 5.32 Å². The summed E-state index contributed by atoms with van der Waals surface area (Å²) in [4.78, 5) is 0. The number of nitrogens with zero attached hydrogens (tertiary/aromatic N) is 1. The lowest BCUT2D eigenvalue weighted by atomic mass is 9.87. The van der Waals surface area contributed by atoms with Crippen LogP contribution in [0.1, 0.15) is 33.1 Å². The zero-order valence-corrected chi connectivity index (χ0v) is 11.2. The lowest BCUT2D eigenvalue weighted by Gasteiger charge is -2.29. The Morgan fingerprint density at radius 2 is 2.29 bits per heavy atom. The third kappa shape index (κ3) is 4.63.